The minimum Gasteiger partial charge on any atom is -0.384 e. The molecule has 0 spiro atoms. The van der Waals surface area contributed by atoms with Crippen molar-refractivity contribution in [3.63, 3.8) is 0 Å². The first-order valence-corrected chi connectivity index (χ1v) is 12.6. The van der Waals surface area contributed by atoms with Gasteiger partial charge in [-0.1, -0.05) is 39.3 Å². The molecule has 0 aromatic rings. The summed E-state index contributed by atoms with van der Waals surface area (Å²) in [5.74, 6) is 0.275. The van der Waals surface area contributed by atoms with Crippen LogP contribution in [0, 0.1) is 46.3 Å². The molecule has 3 heteroatoms. The SMILES string of the molecule is CC1CCC2(C)C(=CCC3C2CCC2(C)C(C(C)CC(F)(F)C(C)(C)O)CCC32)C1. The number of hydrogen-bond donors (Lipinski definition) is 1. The van der Waals surface area contributed by atoms with Gasteiger partial charge in [-0.05, 0) is 112 Å². The zero-order valence-corrected chi connectivity index (χ0v) is 20.1. The summed E-state index contributed by atoms with van der Waals surface area (Å²) >= 11 is 0. The molecule has 0 aromatic carbocycles. The van der Waals surface area contributed by atoms with E-state index in [0.29, 0.717) is 17.3 Å². The molecular formula is C27H44F2O. The van der Waals surface area contributed by atoms with Crippen LogP contribution in [0.2, 0.25) is 0 Å². The molecule has 8 atom stereocenters. The largest absolute Gasteiger partial charge is 0.384 e. The molecule has 0 amide bonds. The third-order valence-electron chi connectivity index (χ3n) is 10.6. The topological polar surface area (TPSA) is 20.2 Å². The second kappa shape index (κ2) is 7.29. The van der Waals surface area contributed by atoms with Gasteiger partial charge in [0.2, 0.25) is 0 Å². The summed E-state index contributed by atoms with van der Waals surface area (Å²) in [7, 11) is 0. The monoisotopic (exact) mass is 422 g/mol. The van der Waals surface area contributed by atoms with Crippen molar-refractivity contribution in [3.8, 4) is 0 Å². The summed E-state index contributed by atoms with van der Waals surface area (Å²) in [6.07, 6.45) is 12.3. The van der Waals surface area contributed by atoms with Crippen LogP contribution >= 0.6 is 0 Å². The van der Waals surface area contributed by atoms with Crippen molar-refractivity contribution in [3.05, 3.63) is 11.6 Å². The third-order valence-corrected chi connectivity index (χ3v) is 10.6. The maximum Gasteiger partial charge on any atom is 0.275 e. The molecular weight excluding hydrogens is 378 g/mol. The van der Waals surface area contributed by atoms with Crippen LogP contribution in [0.25, 0.3) is 0 Å². The number of hydrogen-bond acceptors (Lipinski definition) is 1. The van der Waals surface area contributed by atoms with E-state index >= 15 is 0 Å². The molecule has 4 rings (SSSR count). The minimum absolute atomic E-state index is 0.0567. The predicted molar refractivity (Wildman–Crippen MR) is 119 cm³/mol. The zero-order valence-electron chi connectivity index (χ0n) is 20.1. The quantitative estimate of drug-likeness (QED) is 0.462. The lowest BCUT2D eigenvalue weighted by Gasteiger charge is -2.58. The number of fused-ring (bicyclic) bond motifs is 5. The lowest BCUT2D eigenvalue weighted by Crippen LogP contribution is -2.51. The van der Waals surface area contributed by atoms with E-state index in [1.54, 1.807) is 5.57 Å². The molecule has 4 aliphatic rings. The van der Waals surface area contributed by atoms with E-state index in [-0.39, 0.29) is 17.8 Å². The van der Waals surface area contributed by atoms with Crippen LogP contribution in [0.3, 0.4) is 0 Å². The van der Waals surface area contributed by atoms with Crippen molar-refractivity contribution < 1.29 is 13.9 Å². The Bertz CT molecular complexity index is 691. The van der Waals surface area contributed by atoms with Crippen LogP contribution in [0.15, 0.2) is 11.6 Å². The maximum absolute atomic E-state index is 14.7. The molecule has 1 nitrogen and oxygen atoms in total. The Hall–Kier alpha value is -0.440. The average molecular weight is 423 g/mol. The summed E-state index contributed by atoms with van der Waals surface area (Å²) in [5.41, 5.74) is 0.350. The van der Waals surface area contributed by atoms with Crippen molar-refractivity contribution in [1.29, 1.82) is 0 Å². The fourth-order valence-corrected chi connectivity index (χ4v) is 8.61. The van der Waals surface area contributed by atoms with Crippen LogP contribution in [-0.2, 0) is 0 Å². The first kappa shape index (κ1) is 22.7. The minimum atomic E-state index is -3.03. The van der Waals surface area contributed by atoms with Crippen LogP contribution in [0.5, 0.6) is 0 Å². The van der Waals surface area contributed by atoms with Crippen molar-refractivity contribution in [2.24, 2.45) is 46.3 Å². The fraction of sp³-hybridized carbons (Fsp3) is 0.926. The van der Waals surface area contributed by atoms with Crippen molar-refractivity contribution in [2.75, 3.05) is 0 Å². The highest BCUT2D eigenvalue weighted by molar-refractivity contribution is 5.25. The molecule has 0 radical (unpaired) electrons. The zero-order chi connectivity index (χ0) is 22.1. The van der Waals surface area contributed by atoms with Gasteiger partial charge in [0.1, 0.15) is 5.60 Å². The first-order chi connectivity index (χ1) is 13.8. The van der Waals surface area contributed by atoms with Gasteiger partial charge in [-0.3, -0.25) is 0 Å². The molecule has 0 aliphatic heterocycles. The van der Waals surface area contributed by atoms with E-state index < -0.39 is 11.5 Å². The Kier molecular flexibility index (Phi) is 5.52. The Morgan fingerprint density at radius 1 is 1.10 bits per heavy atom. The molecule has 0 saturated heterocycles. The van der Waals surface area contributed by atoms with Crippen LogP contribution in [0.4, 0.5) is 8.78 Å². The van der Waals surface area contributed by atoms with Crippen LogP contribution in [0.1, 0.15) is 99.3 Å². The molecule has 0 bridgehead atoms. The summed E-state index contributed by atoms with van der Waals surface area (Å²) in [5, 5.41) is 9.99. The van der Waals surface area contributed by atoms with E-state index in [4.69, 9.17) is 0 Å². The van der Waals surface area contributed by atoms with Gasteiger partial charge >= 0.3 is 0 Å². The van der Waals surface area contributed by atoms with E-state index in [1.165, 1.54) is 58.8 Å². The second-order valence-electron chi connectivity index (χ2n) is 12.8. The average Bonchev–Trinajstić information content (AvgIpc) is 2.98. The molecule has 1 N–H and O–H groups in total. The Labute approximate surface area is 183 Å². The second-order valence-corrected chi connectivity index (χ2v) is 12.8. The van der Waals surface area contributed by atoms with Gasteiger partial charge in [0, 0.05) is 6.42 Å². The third kappa shape index (κ3) is 3.41. The Morgan fingerprint density at radius 3 is 2.47 bits per heavy atom. The molecule has 172 valence electrons. The van der Waals surface area contributed by atoms with E-state index in [2.05, 4.69) is 26.8 Å². The Morgan fingerprint density at radius 2 is 1.80 bits per heavy atom. The van der Waals surface area contributed by atoms with Gasteiger partial charge in [0.25, 0.3) is 5.92 Å². The van der Waals surface area contributed by atoms with Gasteiger partial charge in [-0.2, -0.15) is 0 Å². The summed E-state index contributed by atoms with van der Waals surface area (Å²) in [6.45, 7) is 11.9. The van der Waals surface area contributed by atoms with Crippen molar-refractivity contribution >= 4 is 0 Å². The number of allylic oxidation sites excluding steroid dienone is 2. The lowest BCUT2D eigenvalue weighted by atomic mass is 9.46. The molecule has 0 heterocycles. The van der Waals surface area contributed by atoms with Gasteiger partial charge in [-0.25, -0.2) is 8.78 Å². The van der Waals surface area contributed by atoms with Crippen LogP contribution in [-0.4, -0.2) is 16.6 Å². The normalized spacial score (nSPS) is 45.2. The number of alkyl halides is 2. The molecule has 0 aromatic heterocycles. The van der Waals surface area contributed by atoms with Gasteiger partial charge in [0.15, 0.2) is 0 Å². The smallest absolute Gasteiger partial charge is 0.275 e. The van der Waals surface area contributed by atoms with Crippen LogP contribution < -0.4 is 0 Å². The summed E-state index contributed by atoms with van der Waals surface area (Å²) in [4.78, 5) is 0. The summed E-state index contributed by atoms with van der Waals surface area (Å²) < 4.78 is 29.3. The maximum atomic E-state index is 14.7. The van der Waals surface area contributed by atoms with E-state index in [0.717, 1.165) is 24.2 Å². The van der Waals surface area contributed by atoms with Gasteiger partial charge < -0.3 is 5.11 Å². The van der Waals surface area contributed by atoms with Gasteiger partial charge in [0.05, 0.1) is 0 Å². The highest BCUT2D eigenvalue weighted by atomic mass is 19.3. The predicted octanol–water partition coefficient (Wildman–Crippen LogP) is 7.63. The van der Waals surface area contributed by atoms with Gasteiger partial charge in [-0.15, -0.1) is 0 Å². The number of aliphatic hydroxyl groups is 1. The number of halogens is 2. The standard InChI is InChI=1S/C27H44F2O/c1-17-11-13-25(5)19(15-17)7-8-20-22-10-9-21(26(22,6)14-12-23(20)25)18(2)16-27(28,29)24(3,4)30/h7,17-18,20-23,30H,8-16H2,1-6H3. The molecule has 8 unspecified atom stereocenters. The summed E-state index contributed by atoms with van der Waals surface area (Å²) in [6, 6.07) is 0. The van der Waals surface area contributed by atoms with Crippen molar-refractivity contribution in [1.82, 2.24) is 0 Å². The Balaban J connectivity index is 1.54. The lowest BCUT2D eigenvalue weighted by molar-refractivity contribution is -0.177. The molecule has 30 heavy (non-hydrogen) atoms. The molecule has 3 fully saturated rings. The van der Waals surface area contributed by atoms with Crippen molar-refractivity contribution in [2.45, 2.75) is 111 Å². The fourth-order valence-electron chi connectivity index (χ4n) is 8.61. The highest BCUT2D eigenvalue weighted by Crippen LogP contribution is 2.67. The number of rotatable bonds is 4. The van der Waals surface area contributed by atoms with E-state index in [1.807, 2.05) is 6.92 Å². The molecule has 4 aliphatic carbocycles. The van der Waals surface area contributed by atoms with E-state index in [9.17, 15) is 13.9 Å². The first-order valence-electron chi connectivity index (χ1n) is 12.6. The highest BCUT2D eigenvalue weighted by Gasteiger charge is 2.60. The molecule has 3 saturated carbocycles.